The predicted molar refractivity (Wildman–Crippen MR) is 204 cm³/mol. The number of aromatic nitrogens is 2. The molecule has 1 heterocycles. The lowest BCUT2D eigenvalue weighted by Crippen LogP contribution is -2.15. The van der Waals surface area contributed by atoms with E-state index in [0.29, 0.717) is 5.82 Å². The molecule has 0 saturated heterocycles. The Bertz CT molecular complexity index is 2490. The van der Waals surface area contributed by atoms with Gasteiger partial charge in [0.25, 0.3) is 0 Å². The second kappa shape index (κ2) is 11.5. The van der Waals surface area contributed by atoms with Gasteiger partial charge in [-0.15, -0.1) is 0 Å². The SMILES string of the molecule is CC1(C)c2ccccc2-c2c(-c3cccc(-c4nc(-c5ccccc5)cc(-c5ccc(-c6ccccc6)cc5)n4)c3)cc3ccccc3c21. The van der Waals surface area contributed by atoms with E-state index in [0.717, 1.165) is 33.6 Å². The third-order valence-electron chi connectivity index (χ3n) is 10.1. The number of hydrogen-bond donors (Lipinski definition) is 0. The second-order valence-corrected chi connectivity index (χ2v) is 13.4. The Labute approximate surface area is 287 Å². The predicted octanol–water partition coefficient (Wildman–Crippen LogP) is 12.3. The molecule has 7 aromatic carbocycles. The smallest absolute Gasteiger partial charge is 0.160 e. The lowest BCUT2D eigenvalue weighted by atomic mass is 9.79. The molecule has 1 aromatic heterocycles. The average Bonchev–Trinajstić information content (AvgIpc) is 3.42. The van der Waals surface area contributed by atoms with Crippen molar-refractivity contribution in [1.29, 1.82) is 0 Å². The largest absolute Gasteiger partial charge is 0.228 e. The molecule has 0 fully saturated rings. The van der Waals surface area contributed by atoms with Gasteiger partial charge in [0, 0.05) is 22.1 Å². The number of benzene rings is 7. The van der Waals surface area contributed by atoms with Crippen LogP contribution in [-0.2, 0) is 5.41 Å². The molecular formula is C47H34N2. The van der Waals surface area contributed by atoms with E-state index in [4.69, 9.17) is 9.97 Å². The summed E-state index contributed by atoms with van der Waals surface area (Å²) in [5.74, 6) is 0.712. The Morgan fingerprint density at radius 3 is 1.71 bits per heavy atom. The van der Waals surface area contributed by atoms with Crippen molar-refractivity contribution in [2.45, 2.75) is 19.3 Å². The normalized spacial score (nSPS) is 12.9. The first kappa shape index (κ1) is 29.1. The third-order valence-corrected chi connectivity index (χ3v) is 10.1. The van der Waals surface area contributed by atoms with E-state index in [1.165, 1.54) is 49.7 Å². The number of hydrogen-bond acceptors (Lipinski definition) is 2. The summed E-state index contributed by atoms with van der Waals surface area (Å²) < 4.78 is 0. The highest BCUT2D eigenvalue weighted by Gasteiger charge is 2.38. The van der Waals surface area contributed by atoms with Crippen molar-refractivity contribution in [3.63, 3.8) is 0 Å². The molecule has 8 aromatic rings. The zero-order chi connectivity index (χ0) is 33.0. The fourth-order valence-corrected chi connectivity index (χ4v) is 7.66. The fourth-order valence-electron chi connectivity index (χ4n) is 7.66. The summed E-state index contributed by atoms with van der Waals surface area (Å²) >= 11 is 0. The van der Waals surface area contributed by atoms with Gasteiger partial charge in [-0.05, 0) is 73.5 Å². The summed E-state index contributed by atoms with van der Waals surface area (Å²) in [4.78, 5) is 10.4. The van der Waals surface area contributed by atoms with E-state index < -0.39 is 0 Å². The zero-order valence-corrected chi connectivity index (χ0v) is 27.6. The Hall–Kier alpha value is -6.12. The van der Waals surface area contributed by atoms with E-state index in [1.54, 1.807) is 0 Å². The summed E-state index contributed by atoms with van der Waals surface area (Å²) in [6.07, 6.45) is 0. The van der Waals surface area contributed by atoms with Crippen molar-refractivity contribution in [2.24, 2.45) is 0 Å². The molecule has 232 valence electrons. The first-order chi connectivity index (χ1) is 24.0. The molecule has 0 N–H and O–H groups in total. The maximum atomic E-state index is 5.21. The highest BCUT2D eigenvalue weighted by atomic mass is 14.9. The van der Waals surface area contributed by atoms with E-state index >= 15 is 0 Å². The molecule has 0 spiro atoms. The van der Waals surface area contributed by atoms with Crippen LogP contribution in [0.3, 0.4) is 0 Å². The van der Waals surface area contributed by atoms with Crippen molar-refractivity contribution in [3.05, 3.63) is 181 Å². The Kier molecular flexibility index (Phi) is 6.84. The molecule has 1 aliphatic carbocycles. The molecule has 0 radical (unpaired) electrons. The Morgan fingerprint density at radius 2 is 0.959 bits per heavy atom. The van der Waals surface area contributed by atoms with Crippen molar-refractivity contribution >= 4 is 10.8 Å². The van der Waals surface area contributed by atoms with Crippen LogP contribution in [0.15, 0.2) is 170 Å². The van der Waals surface area contributed by atoms with Gasteiger partial charge in [0.2, 0.25) is 0 Å². The first-order valence-electron chi connectivity index (χ1n) is 16.9. The van der Waals surface area contributed by atoms with Gasteiger partial charge < -0.3 is 0 Å². The Balaban J connectivity index is 1.21. The van der Waals surface area contributed by atoms with Crippen LogP contribution in [0.4, 0.5) is 0 Å². The van der Waals surface area contributed by atoms with Crippen molar-refractivity contribution in [1.82, 2.24) is 9.97 Å². The number of fused-ring (bicyclic) bond motifs is 5. The van der Waals surface area contributed by atoms with Gasteiger partial charge >= 0.3 is 0 Å². The van der Waals surface area contributed by atoms with Gasteiger partial charge in [-0.3, -0.25) is 0 Å². The molecule has 0 amide bonds. The van der Waals surface area contributed by atoms with Crippen molar-refractivity contribution in [2.75, 3.05) is 0 Å². The van der Waals surface area contributed by atoms with Crippen LogP contribution < -0.4 is 0 Å². The quantitative estimate of drug-likeness (QED) is 0.190. The summed E-state index contributed by atoms with van der Waals surface area (Å²) in [7, 11) is 0. The molecule has 1 aliphatic rings. The van der Waals surface area contributed by atoms with Crippen molar-refractivity contribution in [3.8, 4) is 67.3 Å². The van der Waals surface area contributed by atoms with Gasteiger partial charge in [0.05, 0.1) is 11.4 Å². The van der Waals surface area contributed by atoms with Crippen LogP contribution in [-0.4, -0.2) is 9.97 Å². The molecule has 2 nitrogen and oxygen atoms in total. The lowest BCUT2D eigenvalue weighted by molar-refractivity contribution is 0.666. The molecule has 49 heavy (non-hydrogen) atoms. The maximum Gasteiger partial charge on any atom is 0.160 e. The average molecular weight is 627 g/mol. The standard InChI is InChI=1S/C47H34N2/c1-47(2)41-23-12-11-22-39(41)44-40(29-36-18-9-10-21-38(36)45(44)47)35-19-13-20-37(28-35)46-48-42(33-16-7-4-8-17-33)30-43(49-46)34-26-24-32(25-27-34)31-14-5-3-6-15-31/h3-30H,1-2H3. The summed E-state index contributed by atoms with van der Waals surface area (Å²) in [6.45, 7) is 4.72. The van der Waals surface area contributed by atoms with E-state index in [9.17, 15) is 0 Å². The van der Waals surface area contributed by atoms with Gasteiger partial charge in [-0.25, -0.2) is 9.97 Å². The summed E-state index contributed by atoms with van der Waals surface area (Å²) in [6, 6.07) is 60.5. The molecule has 0 aliphatic heterocycles. The first-order valence-corrected chi connectivity index (χ1v) is 16.9. The molecular weight excluding hydrogens is 593 g/mol. The highest BCUT2D eigenvalue weighted by molar-refractivity contribution is 6.05. The minimum atomic E-state index is -0.114. The minimum Gasteiger partial charge on any atom is -0.228 e. The van der Waals surface area contributed by atoms with E-state index in [-0.39, 0.29) is 5.41 Å². The maximum absolute atomic E-state index is 5.21. The van der Waals surface area contributed by atoms with E-state index in [2.05, 4.69) is 172 Å². The summed E-state index contributed by atoms with van der Waals surface area (Å²) in [5, 5.41) is 2.58. The molecule has 9 rings (SSSR count). The molecule has 0 bridgehead atoms. The minimum absolute atomic E-state index is 0.114. The van der Waals surface area contributed by atoms with Crippen LogP contribution in [0.2, 0.25) is 0 Å². The van der Waals surface area contributed by atoms with Crippen molar-refractivity contribution < 1.29 is 0 Å². The molecule has 0 unspecified atom stereocenters. The van der Waals surface area contributed by atoms with Crippen LogP contribution in [0.5, 0.6) is 0 Å². The Morgan fingerprint density at radius 1 is 0.408 bits per heavy atom. The second-order valence-electron chi connectivity index (χ2n) is 13.4. The van der Waals surface area contributed by atoms with Gasteiger partial charge in [-0.2, -0.15) is 0 Å². The summed E-state index contributed by atoms with van der Waals surface area (Å²) in [5.41, 5.74) is 15.0. The molecule has 0 atom stereocenters. The van der Waals surface area contributed by atoms with Gasteiger partial charge in [0.1, 0.15) is 0 Å². The fraction of sp³-hybridized carbons (Fsp3) is 0.0638. The van der Waals surface area contributed by atoms with E-state index in [1.807, 2.05) is 12.1 Å². The van der Waals surface area contributed by atoms with Crippen LogP contribution in [0, 0.1) is 0 Å². The third kappa shape index (κ3) is 4.96. The molecule has 2 heteroatoms. The van der Waals surface area contributed by atoms with Crippen LogP contribution >= 0.6 is 0 Å². The monoisotopic (exact) mass is 626 g/mol. The van der Waals surface area contributed by atoms with Gasteiger partial charge in [-0.1, -0.05) is 166 Å². The topological polar surface area (TPSA) is 25.8 Å². The lowest BCUT2D eigenvalue weighted by Gasteiger charge is -2.24. The number of nitrogens with zero attached hydrogens (tertiary/aromatic N) is 2. The highest BCUT2D eigenvalue weighted by Crippen LogP contribution is 2.54. The van der Waals surface area contributed by atoms with Gasteiger partial charge in [0.15, 0.2) is 5.82 Å². The van der Waals surface area contributed by atoms with Crippen LogP contribution in [0.25, 0.3) is 78.1 Å². The number of rotatable bonds is 5. The zero-order valence-electron chi connectivity index (χ0n) is 27.6. The molecule has 0 saturated carbocycles. The van der Waals surface area contributed by atoms with Crippen LogP contribution in [0.1, 0.15) is 25.0 Å².